The second-order valence-electron chi connectivity index (χ2n) is 5.15. The van der Waals surface area contributed by atoms with E-state index in [1.54, 1.807) is 23.1 Å². The maximum absolute atomic E-state index is 12.6. The fraction of sp³-hybridized carbons (Fsp3) is 0.167. The van der Waals surface area contributed by atoms with Gasteiger partial charge in [-0.15, -0.1) is 6.42 Å². The number of amides is 1. The Morgan fingerprint density at radius 3 is 2.73 bits per heavy atom. The molecular weight excluding hydrogens is 276 g/mol. The summed E-state index contributed by atoms with van der Waals surface area (Å²) in [7, 11) is 0. The lowest BCUT2D eigenvalue weighted by Gasteiger charge is -2.33. The van der Waals surface area contributed by atoms with E-state index < -0.39 is 6.10 Å². The van der Waals surface area contributed by atoms with Crippen LogP contribution in [0.25, 0.3) is 0 Å². The number of carbonyl (C=O) groups is 1. The Balaban J connectivity index is 1.94. The number of nitrogens with two attached hydrogens (primary N) is 1. The number of fused-ring (bicyclic) bond motifs is 1. The standard InChI is InChI=1S/C18H16N2O2/c1-2-10-20-15-9-8-14(19)12-16(15)22-17(18(20)21)11-13-6-4-3-5-7-13/h1,3-9,12,17H,10-11,19H2. The Labute approximate surface area is 129 Å². The van der Waals surface area contributed by atoms with Crippen molar-refractivity contribution in [3.63, 3.8) is 0 Å². The van der Waals surface area contributed by atoms with E-state index in [2.05, 4.69) is 5.92 Å². The third kappa shape index (κ3) is 2.61. The van der Waals surface area contributed by atoms with Crippen LogP contribution in [0.15, 0.2) is 48.5 Å². The van der Waals surface area contributed by atoms with E-state index in [9.17, 15) is 4.79 Å². The molecule has 1 aliphatic heterocycles. The van der Waals surface area contributed by atoms with Crippen molar-refractivity contribution in [2.24, 2.45) is 0 Å². The molecule has 0 aliphatic carbocycles. The first-order valence-electron chi connectivity index (χ1n) is 7.04. The summed E-state index contributed by atoms with van der Waals surface area (Å²) in [6.45, 7) is 0.213. The predicted octanol–water partition coefficient (Wildman–Crippen LogP) is 2.24. The van der Waals surface area contributed by atoms with Crippen LogP contribution in [0.4, 0.5) is 11.4 Å². The zero-order chi connectivity index (χ0) is 15.5. The van der Waals surface area contributed by atoms with Crippen molar-refractivity contribution in [1.29, 1.82) is 0 Å². The molecule has 1 aliphatic rings. The minimum Gasteiger partial charge on any atom is -0.478 e. The fourth-order valence-corrected chi connectivity index (χ4v) is 2.56. The van der Waals surface area contributed by atoms with E-state index in [1.807, 2.05) is 30.3 Å². The van der Waals surface area contributed by atoms with Gasteiger partial charge in [-0.05, 0) is 17.7 Å². The van der Waals surface area contributed by atoms with Gasteiger partial charge in [0.1, 0.15) is 5.75 Å². The molecule has 110 valence electrons. The third-order valence-corrected chi connectivity index (χ3v) is 3.60. The van der Waals surface area contributed by atoms with Gasteiger partial charge in [-0.1, -0.05) is 36.3 Å². The quantitative estimate of drug-likeness (QED) is 0.697. The molecule has 2 aromatic rings. The number of carbonyl (C=O) groups excluding carboxylic acids is 1. The molecule has 3 rings (SSSR count). The SMILES string of the molecule is C#CCN1C(=O)C(Cc2ccccc2)Oc2cc(N)ccc21. The highest BCUT2D eigenvalue weighted by atomic mass is 16.5. The van der Waals surface area contributed by atoms with E-state index in [4.69, 9.17) is 16.9 Å². The first kappa shape index (κ1) is 14.0. The van der Waals surface area contributed by atoms with Crippen LogP contribution in [0.3, 0.4) is 0 Å². The van der Waals surface area contributed by atoms with Crippen molar-refractivity contribution in [1.82, 2.24) is 0 Å². The summed E-state index contributed by atoms with van der Waals surface area (Å²) in [5.74, 6) is 2.99. The Bertz CT molecular complexity index is 734. The number of rotatable bonds is 3. The molecule has 0 radical (unpaired) electrons. The van der Waals surface area contributed by atoms with Crippen LogP contribution in [-0.4, -0.2) is 18.6 Å². The topological polar surface area (TPSA) is 55.6 Å². The number of nitrogen functional groups attached to an aromatic ring is 1. The van der Waals surface area contributed by atoms with Crippen LogP contribution in [0, 0.1) is 12.3 Å². The zero-order valence-corrected chi connectivity index (χ0v) is 12.0. The van der Waals surface area contributed by atoms with Gasteiger partial charge in [-0.25, -0.2) is 0 Å². The maximum atomic E-state index is 12.6. The van der Waals surface area contributed by atoms with Gasteiger partial charge < -0.3 is 10.5 Å². The lowest BCUT2D eigenvalue weighted by Crippen LogP contribution is -2.47. The Morgan fingerprint density at radius 2 is 2.00 bits per heavy atom. The Kier molecular flexibility index (Phi) is 3.71. The molecule has 0 saturated heterocycles. The van der Waals surface area contributed by atoms with Gasteiger partial charge in [-0.3, -0.25) is 9.69 Å². The molecule has 2 N–H and O–H groups in total. The van der Waals surface area contributed by atoms with Gasteiger partial charge in [-0.2, -0.15) is 0 Å². The summed E-state index contributed by atoms with van der Waals surface area (Å²) in [5, 5.41) is 0. The van der Waals surface area contributed by atoms with E-state index in [0.717, 1.165) is 5.56 Å². The number of hydrogen-bond donors (Lipinski definition) is 1. The van der Waals surface area contributed by atoms with Crippen LogP contribution in [0.2, 0.25) is 0 Å². The molecule has 4 heteroatoms. The van der Waals surface area contributed by atoms with Crippen molar-refractivity contribution in [3.05, 3.63) is 54.1 Å². The highest BCUT2D eigenvalue weighted by Gasteiger charge is 2.34. The molecular formula is C18H16N2O2. The molecule has 2 aromatic carbocycles. The maximum Gasteiger partial charge on any atom is 0.269 e. The van der Waals surface area contributed by atoms with Gasteiger partial charge in [0.25, 0.3) is 5.91 Å². The molecule has 0 saturated carbocycles. The smallest absolute Gasteiger partial charge is 0.269 e. The third-order valence-electron chi connectivity index (χ3n) is 3.60. The summed E-state index contributed by atoms with van der Waals surface area (Å²) in [6, 6.07) is 15.0. The number of benzene rings is 2. The van der Waals surface area contributed by atoms with Gasteiger partial charge >= 0.3 is 0 Å². The van der Waals surface area contributed by atoms with Crippen molar-refractivity contribution in [2.45, 2.75) is 12.5 Å². The number of ether oxygens (including phenoxy) is 1. The van der Waals surface area contributed by atoms with Gasteiger partial charge in [0.15, 0.2) is 6.10 Å². The molecule has 1 unspecified atom stereocenters. The first-order valence-corrected chi connectivity index (χ1v) is 7.04. The second kappa shape index (κ2) is 5.82. The van der Waals surface area contributed by atoms with Crippen molar-refractivity contribution in [3.8, 4) is 18.1 Å². The average molecular weight is 292 g/mol. The second-order valence-corrected chi connectivity index (χ2v) is 5.15. The Morgan fingerprint density at radius 1 is 1.23 bits per heavy atom. The van der Waals surface area contributed by atoms with E-state index >= 15 is 0 Å². The molecule has 0 aromatic heterocycles. The molecule has 4 nitrogen and oxygen atoms in total. The van der Waals surface area contributed by atoms with Gasteiger partial charge in [0.05, 0.1) is 12.2 Å². The van der Waals surface area contributed by atoms with E-state index in [-0.39, 0.29) is 12.5 Å². The minimum absolute atomic E-state index is 0.126. The first-order chi connectivity index (χ1) is 10.7. The monoisotopic (exact) mass is 292 g/mol. The largest absolute Gasteiger partial charge is 0.478 e. The van der Waals surface area contributed by atoms with E-state index in [0.29, 0.717) is 23.5 Å². The molecule has 22 heavy (non-hydrogen) atoms. The molecule has 0 bridgehead atoms. The van der Waals surface area contributed by atoms with Gasteiger partial charge in [0.2, 0.25) is 0 Å². The van der Waals surface area contributed by atoms with Gasteiger partial charge in [0, 0.05) is 18.2 Å². The minimum atomic E-state index is -0.593. The predicted molar refractivity (Wildman–Crippen MR) is 86.6 cm³/mol. The number of anilines is 2. The van der Waals surface area contributed by atoms with Crippen molar-refractivity contribution in [2.75, 3.05) is 17.2 Å². The lowest BCUT2D eigenvalue weighted by atomic mass is 10.0. The van der Waals surface area contributed by atoms with Crippen LogP contribution in [-0.2, 0) is 11.2 Å². The lowest BCUT2D eigenvalue weighted by molar-refractivity contribution is -0.126. The number of nitrogens with zero attached hydrogens (tertiary/aromatic N) is 1. The molecule has 1 amide bonds. The summed E-state index contributed by atoms with van der Waals surface area (Å²) in [4.78, 5) is 14.2. The fourth-order valence-electron chi connectivity index (χ4n) is 2.56. The molecule has 0 fully saturated rings. The Hall–Kier alpha value is -2.93. The number of terminal acetylenes is 1. The van der Waals surface area contributed by atoms with Crippen molar-refractivity contribution < 1.29 is 9.53 Å². The van der Waals surface area contributed by atoms with Crippen LogP contribution in [0.1, 0.15) is 5.56 Å². The molecule has 0 spiro atoms. The van der Waals surface area contributed by atoms with E-state index in [1.165, 1.54) is 0 Å². The molecule has 1 atom stereocenters. The summed E-state index contributed by atoms with van der Waals surface area (Å²) < 4.78 is 5.87. The summed E-state index contributed by atoms with van der Waals surface area (Å²) >= 11 is 0. The molecule has 1 heterocycles. The van der Waals surface area contributed by atoms with Crippen LogP contribution >= 0.6 is 0 Å². The highest BCUT2D eigenvalue weighted by molar-refractivity contribution is 6.00. The van der Waals surface area contributed by atoms with Crippen molar-refractivity contribution >= 4 is 17.3 Å². The summed E-state index contributed by atoms with van der Waals surface area (Å²) in [5.41, 5.74) is 8.10. The normalized spacial score (nSPS) is 16.6. The zero-order valence-electron chi connectivity index (χ0n) is 12.0. The highest BCUT2D eigenvalue weighted by Crippen LogP contribution is 2.36. The average Bonchev–Trinajstić information content (AvgIpc) is 2.52. The van der Waals surface area contributed by atoms with Crippen LogP contribution in [0.5, 0.6) is 5.75 Å². The van der Waals surface area contributed by atoms with Crippen LogP contribution < -0.4 is 15.4 Å². The number of hydrogen-bond acceptors (Lipinski definition) is 3. The summed E-state index contributed by atoms with van der Waals surface area (Å²) in [6.07, 6.45) is 5.30.